The van der Waals surface area contributed by atoms with E-state index in [-0.39, 0.29) is 29.3 Å². The number of hydrogen-bond donors (Lipinski definition) is 1. The van der Waals surface area contributed by atoms with E-state index in [1.54, 1.807) is 11.3 Å². The Morgan fingerprint density at radius 2 is 1.87 bits per heavy atom. The third-order valence-corrected chi connectivity index (χ3v) is 6.91. The van der Waals surface area contributed by atoms with Crippen LogP contribution in [0, 0.1) is 42.2 Å². The first-order valence-electron chi connectivity index (χ1n) is 10.0. The fourth-order valence-corrected chi connectivity index (χ4v) is 5.68. The van der Waals surface area contributed by atoms with Crippen molar-refractivity contribution < 1.29 is 13.6 Å². The number of carbonyl (C=O) groups excluding carboxylic acids is 1. The molecule has 1 aromatic carbocycles. The summed E-state index contributed by atoms with van der Waals surface area (Å²) in [5, 5.41) is 10.0. The van der Waals surface area contributed by atoms with E-state index in [0.717, 1.165) is 27.5 Å². The van der Waals surface area contributed by atoms with Gasteiger partial charge in [0.15, 0.2) is 5.78 Å². The fraction of sp³-hybridized carbons (Fsp3) is 0.333. The Hall–Kier alpha value is -2.98. The van der Waals surface area contributed by atoms with E-state index < -0.39 is 23.0 Å². The van der Waals surface area contributed by atoms with Crippen molar-refractivity contribution in [1.82, 2.24) is 0 Å². The van der Waals surface area contributed by atoms with Gasteiger partial charge in [0.2, 0.25) is 0 Å². The zero-order valence-corrected chi connectivity index (χ0v) is 18.7. The van der Waals surface area contributed by atoms with Gasteiger partial charge in [-0.15, -0.1) is 11.3 Å². The average molecular weight is 440 g/mol. The second-order valence-electron chi connectivity index (χ2n) is 8.92. The Kier molecular flexibility index (Phi) is 5.01. The van der Waals surface area contributed by atoms with Gasteiger partial charge in [-0.05, 0) is 49.4 Å². The van der Waals surface area contributed by atoms with E-state index in [1.807, 2.05) is 33.8 Å². The maximum Gasteiger partial charge on any atom is 0.162 e. The summed E-state index contributed by atoms with van der Waals surface area (Å²) in [6, 6.07) is 7.67. The van der Waals surface area contributed by atoms with Gasteiger partial charge in [-0.3, -0.25) is 9.69 Å². The van der Waals surface area contributed by atoms with Crippen LogP contribution >= 0.6 is 11.3 Å². The van der Waals surface area contributed by atoms with Crippen LogP contribution < -0.4 is 10.6 Å². The number of para-hydroxylation sites is 1. The molecule has 2 aromatic rings. The third-order valence-electron chi connectivity index (χ3n) is 5.93. The maximum absolute atomic E-state index is 14.8. The molecule has 1 aliphatic heterocycles. The molecule has 0 bridgehead atoms. The summed E-state index contributed by atoms with van der Waals surface area (Å²) < 4.78 is 29.7. The first-order chi connectivity index (χ1) is 14.6. The van der Waals surface area contributed by atoms with Gasteiger partial charge in [0.25, 0.3) is 0 Å². The van der Waals surface area contributed by atoms with Gasteiger partial charge in [0, 0.05) is 27.4 Å². The van der Waals surface area contributed by atoms with E-state index in [4.69, 9.17) is 5.73 Å². The van der Waals surface area contributed by atoms with Crippen molar-refractivity contribution in [2.75, 3.05) is 4.90 Å². The second kappa shape index (κ2) is 7.31. The number of nitrogens with two attached hydrogens (primary N) is 1. The van der Waals surface area contributed by atoms with Crippen molar-refractivity contribution in [2.24, 2.45) is 11.1 Å². The smallest absolute Gasteiger partial charge is 0.162 e. The Morgan fingerprint density at radius 3 is 2.42 bits per heavy atom. The molecule has 0 spiro atoms. The summed E-state index contributed by atoms with van der Waals surface area (Å²) in [6.45, 7) is 7.79. The molecule has 31 heavy (non-hydrogen) atoms. The highest BCUT2D eigenvalue weighted by molar-refractivity contribution is 7.12. The molecular formula is C24H23F2N3OS. The van der Waals surface area contributed by atoms with E-state index in [9.17, 15) is 18.8 Å². The Bertz CT molecular complexity index is 1200. The van der Waals surface area contributed by atoms with Crippen molar-refractivity contribution in [2.45, 2.75) is 46.5 Å². The summed E-state index contributed by atoms with van der Waals surface area (Å²) in [5.74, 6) is -2.40. The van der Waals surface area contributed by atoms with Crippen molar-refractivity contribution in [3.63, 3.8) is 0 Å². The van der Waals surface area contributed by atoms with E-state index in [1.165, 1.54) is 11.0 Å². The molecule has 0 fully saturated rings. The van der Waals surface area contributed by atoms with Crippen LogP contribution in [0.4, 0.5) is 14.5 Å². The van der Waals surface area contributed by atoms with E-state index in [0.29, 0.717) is 17.7 Å². The lowest BCUT2D eigenvalue weighted by Gasteiger charge is -2.43. The molecule has 0 unspecified atom stereocenters. The molecule has 2 N–H and O–H groups in total. The number of nitriles is 1. The summed E-state index contributed by atoms with van der Waals surface area (Å²) >= 11 is 1.58. The highest BCUT2D eigenvalue weighted by atomic mass is 32.1. The first-order valence-corrected chi connectivity index (χ1v) is 10.8. The molecule has 1 aromatic heterocycles. The first kappa shape index (κ1) is 21.3. The van der Waals surface area contributed by atoms with Gasteiger partial charge >= 0.3 is 0 Å². The number of Topliss-reactive ketones (excluding diaryl/α,β-unsaturated/α-hetero) is 1. The molecule has 0 radical (unpaired) electrons. The number of aryl methyl sites for hydroxylation is 2. The molecule has 0 saturated heterocycles. The highest BCUT2D eigenvalue weighted by Gasteiger charge is 2.46. The topological polar surface area (TPSA) is 70.1 Å². The van der Waals surface area contributed by atoms with Gasteiger partial charge in [0.1, 0.15) is 23.1 Å². The Labute approximate surface area is 184 Å². The zero-order chi connectivity index (χ0) is 22.7. The Balaban J connectivity index is 2.07. The maximum atomic E-state index is 14.8. The van der Waals surface area contributed by atoms with Crippen molar-refractivity contribution in [3.05, 3.63) is 73.9 Å². The monoisotopic (exact) mass is 439 g/mol. The van der Waals surface area contributed by atoms with Crippen LogP contribution in [-0.2, 0) is 4.79 Å². The zero-order valence-electron chi connectivity index (χ0n) is 17.8. The fourth-order valence-electron chi connectivity index (χ4n) is 4.71. The molecule has 1 atom stereocenters. The average Bonchev–Trinajstić information content (AvgIpc) is 2.99. The standard InChI is InChI=1S/C24H23F2N3OS/c1-12-8-14(13(2)31-12)20-15(11-27)23(28)29(22-16(25)6-5-7-17(22)26)18-9-24(3,4)10-19(30)21(18)20/h5-8,20H,9-10,28H2,1-4H3/t20-/m0/s1. The molecular weight excluding hydrogens is 416 g/mol. The quantitative estimate of drug-likeness (QED) is 0.663. The predicted octanol–water partition coefficient (Wildman–Crippen LogP) is 5.58. The van der Waals surface area contributed by atoms with Crippen molar-refractivity contribution >= 4 is 22.8 Å². The number of anilines is 1. The number of ketones is 1. The number of benzene rings is 1. The number of hydrogen-bond acceptors (Lipinski definition) is 5. The molecule has 0 saturated carbocycles. The van der Waals surface area contributed by atoms with Crippen LogP contribution in [-0.4, -0.2) is 5.78 Å². The molecule has 1 aliphatic carbocycles. The Morgan fingerprint density at radius 1 is 1.23 bits per heavy atom. The lowest BCUT2D eigenvalue weighted by molar-refractivity contribution is -0.118. The van der Waals surface area contributed by atoms with Crippen LogP contribution in [0.25, 0.3) is 0 Å². The second-order valence-corrected chi connectivity index (χ2v) is 10.4. The molecule has 4 rings (SSSR count). The molecule has 2 aliphatic rings. The number of thiophene rings is 1. The number of nitrogens with zero attached hydrogens (tertiary/aromatic N) is 2. The van der Waals surface area contributed by atoms with Crippen LogP contribution in [0.3, 0.4) is 0 Å². The molecule has 2 heterocycles. The lowest BCUT2D eigenvalue weighted by Crippen LogP contribution is -2.42. The number of allylic oxidation sites excluding steroid dienone is 3. The van der Waals surface area contributed by atoms with Gasteiger partial charge in [0.05, 0.1) is 17.6 Å². The SMILES string of the molecule is Cc1cc([C@H]2C(C#N)=C(N)N(c3c(F)cccc3F)C3=C2C(=O)CC(C)(C)C3)c(C)s1. The molecule has 7 heteroatoms. The normalized spacial score (nSPS) is 20.7. The molecule has 4 nitrogen and oxygen atoms in total. The van der Waals surface area contributed by atoms with E-state index in [2.05, 4.69) is 6.07 Å². The van der Waals surface area contributed by atoms with Gasteiger partial charge in [-0.25, -0.2) is 8.78 Å². The van der Waals surface area contributed by atoms with E-state index >= 15 is 0 Å². The highest BCUT2D eigenvalue weighted by Crippen LogP contribution is 2.51. The van der Waals surface area contributed by atoms with Crippen molar-refractivity contribution in [1.29, 1.82) is 5.26 Å². The minimum Gasteiger partial charge on any atom is -0.384 e. The summed E-state index contributed by atoms with van der Waals surface area (Å²) in [7, 11) is 0. The van der Waals surface area contributed by atoms with Crippen LogP contribution in [0.5, 0.6) is 0 Å². The van der Waals surface area contributed by atoms with Gasteiger partial charge in [-0.2, -0.15) is 5.26 Å². The summed E-state index contributed by atoms with van der Waals surface area (Å²) in [5.41, 5.74) is 7.52. The minimum atomic E-state index is -0.802. The van der Waals surface area contributed by atoms with Crippen LogP contribution in [0.2, 0.25) is 0 Å². The van der Waals surface area contributed by atoms with Crippen molar-refractivity contribution in [3.8, 4) is 6.07 Å². The summed E-state index contributed by atoms with van der Waals surface area (Å²) in [6.07, 6.45) is 0.691. The minimum absolute atomic E-state index is 0.0380. The molecule has 160 valence electrons. The largest absolute Gasteiger partial charge is 0.384 e. The molecule has 0 amide bonds. The van der Waals surface area contributed by atoms with Crippen LogP contribution in [0.1, 0.15) is 47.9 Å². The predicted molar refractivity (Wildman–Crippen MR) is 117 cm³/mol. The lowest BCUT2D eigenvalue weighted by atomic mass is 9.68. The summed E-state index contributed by atoms with van der Waals surface area (Å²) in [4.78, 5) is 16.7. The number of halogens is 2. The van der Waals surface area contributed by atoms with Gasteiger partial charge in [-0.1, -0.05) is 19.9 Å². The third kappa shape index (κ3) is 3.35. The number of rotatable bonds is 2. The van der Waals surface area contributed by atoms with Gasteiger partial charge < -0.3 is 5.73 Å². The van der Waals surface area contributed by atoms with Crippen LogP contribution in [0.15, 0.2) is 46.9 Å². The number of carbonyl (C=O) groups is 1.